The monoisotopic (exact) mass is 251 g/mol. The van der Waals surface area contributed by atoms with E-state index in [-0.39, 0.29) is 18.5 Å². The van der Waals surface area contributed by atoms with Gasteiger partial charge in [-0.2, -0.15) is 0 Å². The highest BCUT2D eigenvalue weighted by Gasteiger charge is 2.13. The van der Waals surface area contributed by atoms with Gasteiger partial charge >= 0.3 is 5.97 Å². The summed E-state index contributed by atoms with van der Waals surface area (Å²) >= 11 is 0. The Balaban J connectivity index is 2.52. The van der Waals surface area contributed by atoms with Crippen LogP contribution >= 0.6 is 0 Å². The predicted octanol–water partition coefficient (Wildman–Crippen LogP) is 2.90. The first-order valence-electron chi connectivity index (χ1n) is 5.72. The van der Waals surface area contributed by atoms with Gasteiger partial charge in [0.2, 0.25) is 0 Å². The maximum Gasteiger partial charge on any atom is 0.308 e. The summed E-state index contributed by atoms with van der Waals surface area (Å²) in [6, 6.07) is 7.36. The van der Waals surface area contributed by atoms with E-state index >= 15 is 0 Å². The van der Waals surface area contributed by atoms with E-state index in [1.165, 1.54) is 13.2 Å². The highest BCUT2D eigenvalue weighted by atomic mass is 18.2. The number of esters is 1. The summed E-state index contributed by atoms with van der Waals surface area (Å²) in [7, 11) is 1.38. The number of hydrogen-bond donors (Lipinski definition) is 0. The van der Waals surface area contributed by atoms with E-state index in [2.05, 4.69) is 4.74 Å². The van der Waals surface area contributed by atoms with Crippen LogP contribution < -0.4 is 4.74 Å². The smallest absolute Gasteiger partial charge is 0.308 e. The lowest BCUT2D eigenvalue weighted by atomic mass is 10.0. The normalized spacial score (nSPS) is 12.4. The number of rotatable bonds is 6. The van der Waals surface area contributed by atoms with E-state index in [4.69, 9.17) is 4.74 Å². The molecule has 0 saturated heterocycles. The van der Waals surface area contributed by atoms with E-state index < -0.39 is 0 Å². The molecular formula is C14H17FO3. The molecule has 1 atom stereocenters. The largest absolute Gasteiger partial charge is 0.489 e. The Morgan fingerprint density at radius 2 is 2.06 bits per heavy atom. The average molecular weight is 251 g/mol. The number of benzene rings is 1. The van der Waals surface area contributed by atoms with Crippen LogP contribution in [0.2, 0.25) is 0 Å². The molecule has 0 saturated carbocycles. The quantitative estimate of drug-likeness (QED) is 0.729. The fraction of sp³-hybridized carbons (Fsp3) is 0.357. The number of methoxy groups -OCH3 is 1. The minimum atomic E-state index is -0.219. The van der Waals surface area contributed by atoms with Crippen molar-refractivity contribution in [2.45, 2.75) is 13.3 Å². The zero-order valence-corrected chi connectivity index (χ0v) is 10.6. The molecule has 0 aliphatic heterocycles. The van der Waals surface area contributed by atoms with Gasteiger partial charge in [0.15, 0.2) is 0 Å². The van der Waals surface area contributed by atoms with Crippen LogP contribution in [0.4, 0.5) is 4.39 Å². The van der Waals surface area contributed by atoms with Crippen molar-refractivity contribution >= 4 is 5.97 Å². The van der Waals surface area contributed by atoms with Gasteiger partial charge in [0.05, 0.1) is 19.4 Å². The molecule has 0 aliphatic rings. The molecule has 0 amide bonds. The van der Waals surface area contributed by atoms with Gasteiger partial charge in [-0.1, -0.05) is 19.1 Å². The lowest BCUT2D eigenvalue weighted by Crippen LogP contribution is -2.15. The molecule has 4 heteroatoms. The molecule has 3 nitrogen and oxygen atoms in total. The Labute approximate surface area is 106 Å². The molecule has 98 valence electrons. The van der Waals surface area contributed by atoms with Gasteiger partial charge in [-0.3, -0.25) is 4.79 Å². The van der Waals surface area contributed by atoms with Crippen molar-refractivity contribution in [1.29, 1.82) is 0 Å². The van der Waals surface area contributed by atoms with Crippen LogP contribution in [0.25, 0.3) is 0 Å². The Kier molecular flexibility index (Phi) is 5.91. The van der Waals surface area contributed by atoms with Gasteiger partial charge in [-0.05, 0) is 30.2 Å². The number of hydrogen-bond acceptors (Lipinski definition) is 3. The zero-order chi connectivity index (χ0) is 13.4. The van der Waals surface area contributed by atoms with Crippen molar-refractivity contribution in [1.82, 2.24) is 0 Å². The van der Waals surface area contributed by atoms with Crippen LogP contribution in [0.15, 0.2) is 36.7 Å². The van der Waals surface area contributed by atoms with Crippen molar-refractivity contribution in [2.24, 2.45) is 5.92 Å². The van der Waals surface area contributed by atoms with Crippen molar-refractivity contribution in [3.63, 3.8) is 0 Å². The second-order valence-electron chi connectivity index (χ2n) is 3.94. The van der Waals surface area contributed by atoms with Crippen LogP contribution in [0, 0.1) is 5.92 Å². The van der Waals surface area contributed by atoms with Gasteiger partial charge in [0.25, 0.3) is 0 Å². The Hall–Kier alpha value is -1.84. The first kappa shape index (κ1) is 14.2. The third-order valence-corrected chi connectivity index (χ3v) is 2.50. The molecule has 0 spiro atoms. The summed E-state index contributed by atoms with van der Waals surface area (Å²) in [4.78, 5) is 11.3. The van der Waals surface area contributed by atoms with E-state index in [1.54, 1.807) is 12.1 Å². The molecule has 1 aromatic carbocycles. The number of ether oxygens (including phenoxy) is 2. The summed E-state index contributed by atoms with van der Waals surface area (Å²) in [5.41, 5.74) is 1.03. The van der Waals surface area contributed by atoms with Gasteiger partial charge in [-0.25, -0.2) is 4.39 Å². The molecule has 0 radical (unpaired) electrons. The molecule has 1 rings (SSSR count). The maximum absolute atomic E-state index is 11.7. The fourth-order valence-electron chi connectivity index (χ4n) is 1.54. The van der Waals surface area contributed by atoms with Crippen molar-refractivity contribution in [3.8, 4) is 5.75 Å². The first-order valence-corrected chi connectivity index (χ1v) is 5.72. The van der Waals surface area contributed by atoms with Gasteiger partial charge < -0.3 is 9.47 Å². The topological polar surface area (TPSA) is 35.5 Å². The third kappa shape index (κ3) is 4.57. The van der Waals surface area contributed by atoms with E-state index in [9.17, 15) is 9.18 Å². The molecule has 0 heterocycles. The van der Waals surface area contributed by atoms with E-state index in [0.717, 1.165) is 5.56 Å². The van der Waals surface area contributed by atoms with Crippen LogP contribution in [0.3, 0.4) is 0 Å². The predicted molar refractivity (Wildman–Crippen MR) is 67.1 cm³/mol. The zero-order valence-electron chi connectivity index (χ0n) is 10.6. The van der Waals surface area contributed by atoms with Gasteiger partial charge in [-0.15, -0.1) is 0 Å². The molecule has 0 aliphatic carbocycles. The third-order valence-electron chi connectivity index (χ3n) is 2.50. The summed E-state index contributed by atoms with van der Waals surface area (Å²) in [6.45, 7) is 2.02. The van der Waals surface area contributed by atoms with Gasteiger partial charge in [0, 0.05) is 0 Å². The maximum atomic E-state index is 11.7. The molecule has 1 aromatic rings. The lowest BCUT2D eigenvalue weighted by Gasteiger charge is -2.09. The summed E-state index contributed by atoms with van der Waals surface area (Å²) < 4.78 is 21.6. The van der Waals surface area contributed by atoms with Crippen molar-refractivity contribution in [3.05, 3.63) is 42.2 Å². The SMILES string of the molecule is COC(=O)C(C)Cc1ccc(OC/C=C/[18F])cc1. The molecule has 0 bridgehead atoms. The highest BCUT2D eigenvalue weighted by Crippen LogP contribution is 2.15. The molecule has 1 unspecified atom stereocenters. The van der Waals surface area contributed by atoms with Crippen LogP contribution in [-0.2, 0) is 16.0 Å². The summed E-state index contributed by atoms with van der Waals surface area (Å²) in [5.74, 6) is 0.280. The molecule has 0 N–H and O–H groups in total. The van der Waals surface area contributed by atoms with Crippen molar-refractivity contribution in [2.75, 3.05) is 13.7 Å². The molecule has 18 heavy (non-hydrogen) atoms. The summed E-state index contributed by atoms with van der Waals surface area (Å²) in [6.07, 6.45) is 2.36. The number of carbonyl (C=O) groups excluding carboxylic acids is 1. The Bertz CT molecular complexity index is 398. The molecule has 0 fully saturated rings. The second-order valence-corrected chi connectivity index (χ2v) is 3.94. The first-order chi connectivity index (χ1) is 8.67. The highest BCUT2D eigenvalue weighted by molar-refractivity contribution is 5.72. The molecular weight excluding hydrogens is 234 g/mol. The lowest BCUT2D eigenvalue weighted by molar-refractivity contribution is -0.144. The standard InChI is InChI=1S/C14H17FO3/c1-11(14(16)17-2)10-12-4-6-13(7-5-12)18-9-3-8-15/h3-8,11H,9-10H2,1-2H3/b8-3+/i15-1. The van der Waals surface area contributed by atoms with Gasteiger partial charge in [0.1, 0.15) is 12.4 Å². The summed E-state index contributed by atoms with van der Waals surface area (Å²) in [5, 5.41) is 0. The number of carbonyl (C=O) groups is 1. The van der Waals surface area contributed by atoms with Crippen LogP contribution in [-0.4, -0.2) is 19.7 Å². The fourth-order valence-corrected chi connectivity index (χ4v) is 1.54. The minimum Gasteiger partial charge on any atom is -0.489 e. The Morgan fingerprint density at radius 3 is 2.61 bits per heavy atom. The molecule has 0 aromatic heterocycles. The Morgan fingerprint density at radius 1 is 1.39 bits per heavy atom. The van der Waals surface area contributed by atoms with E-state index in [0.29, 0.717) is 18.5 Å². The number of halogens is 1. The van der Waals surface area contributed by atoms with E-state index in [1.807, 2.05) is 19.1 Å². The van der Waals surface area contributed by atoms with Crippen molar-refractivity contribution < 1.29 is 18.7 Å². The minimum absolute atomic E-state index is 0.170. The van der Waals surface area contributed by atoms with Crippen LogP contribution in [0.5, 0.6) is 5.75 Å². The average Bonchev–Trinajstić information content (AvgIpc) is 2.40. The second kappa shape index (κ2) is 7.48. The van der Waals surface area contributed by atoms with Crippen LogP contribution in [0.1, 0.15) is 12.5 Å².